The van der Waals surface area contributed by atoms with Gasteiger partial charge in [-0.15, -0.1) is 0 Å². The van der Waals surface area contributed by atoms with Crippen LogP contribution in [0.5, 0.6) is 11.5 Å². The predicted octanol–water partition coefficient (Wildman–Crippen LogP) is 4.36. The van der Waals surface area contributed by atoms with E-state index in [4.69, 9.17) is 44.3 Å². The SMILES string of the molecule is COc1ccc(N(C(C)C(=O)Cl)S(=O)(=O)c2ccc(Cl)c(Cl)c2)c(OC)c1. The standard InChI is InChI=1S/C17H16Cl3NO5S/c1-10(17(20)22)21(15-7-4-11(25-2)8-16(15)26-3)27(23,24)12-5-6-13(18)14(19)9-12/h4-10H,1-3H3. The normalized spacial score (nSPS) is 12.4. The molecule has 0 spiro atoms. The Morgan fingerprint density at radius 3 is 2.22 bits per heavy atom. The first kappa shape index (κ1) is 21.6. The highest BCUT2D eigenvalue weighted by atomic mass is 35.5. The largest absolute Gasteiger partial charge is 0.497 e. The quantitative estimate of drug-likeness (QED) is 0.584. The number of anilines is 1. The number of benzene rings is 2. The highest BCUT2D eigenvalue weighted by Crippen LogP contribution is 2.38. The third-order valence-corrected chi connectivity index (χ3v) is 6.69. The second-order valence-corrected chi connectivity index (χ2v) is 8.40. The van der Waals surface area contributed by atoms with Crippen molar-refractivity contribution < 1.29 is 22.7 Å². The molecule has 0 amide bonds. The molecule has 0 aliphatic rings. The minimum absolute atomic E-state index is 0.0595. The van der Waals surface area contributed by atoms with Gasteiger partial charge in [0.25, 0.3) is 10.0 Å². The van der Waals surface area contributed by atoms with Crippen molar-refractivity contribution in [3.63, 3.8) is 0 Å². The lowest BCUT2D eigenvalue weighted by Crippen LogP contribution is -2.42. The van der Waals surface area contributed by atoms with Gasteiger partial charge < -0.3 is 9.47 Å². The van der Waals surface area contributed by atoms with E-state index in [1.165, 1.54) is 51.5 Å². The van der Waals surface area contributed by atoms with Crippen molar-refractivity contribution in [2.75, 3.05) is 18.5 Å². The lowest BCUT2D eigenvalue weighted by atomic mass is 10.2. The Kier molecular flexibility index (Phi) is 6.86. The highest BCUT2D eigenvalue weighted by Gasteiger charge is 2.35. The van der Waals surface area contributed by atoms with Crippen molar-refractivity contribution in [2.24, 2.45) is 0 Å². The molecule has 0 fully saturated rings. The summed E-state index contributed by atoms with van der Waals surface area (Å²) in [4.78, 5) is 11.7. The van der Waals surface area contributed by atoms with Gasteiger partial charge in [-0.25, -0.2) is 8.42 Å². The van der Waals surface area contributed by atoms with Gasteiger partial charge in [-0.3, -0.25) is 9.10 Å². The molecule has 6 nitrogen and oxygen atoms in total. The number of halogens is 3. The van der Waals surface area contributed by atoms with Gasteiger partial charge in [0.15, 0.2) is 0 Å². The van der Waals surface area contributed by atoms with Crippen molar-refractivity contribution >= 4 is 55.8 Å². The molecule has 0 N–H and O–H groups in total. The number of hydrogen-bond acceptors (Lipinski definition) is 5. The van der Waals surface area contributed by atoms with Crippen LogP contribution in [0.25, 0.3) is 0 Å². The van der Waals surface area contributed by atoms with Crippen LogP contribution in [-0.2, 0) is 14.8 Å². The average molecular weight is 453 g/mol. The number of sulfonamides is 1. The molecule has 0 aliphatic heterocycles. The number of hydrogen-bond donors (Lipinski definition) is 0. The summed E-state index contributed by atoms with van der Waals surface area (Å²) in [6.45, 7) is 1.37. The second-order valence-electron chi connectivity index (χ2n) is 5.39. The molecular formula is C17H16Cl3NO5S. The van der Waals surface area contributed by atoms with Gasteiger partial charge in [0.05, 0.1) is 34.8 Å². The van der Waals surface area contributed by atoms with Crippen LogP contribution in [0.3, 0.4) is 0 Å². The Hall–Kier alpha value is -1.67. The molecule has 0 bridgehead atoms. The van der Waals surface area contributed by atoms with E-state index in [0.29, 0.717) is 5.75 Å². The van der Waals surface area contributed by atoms with Crippen LogP contribution in [0.15, 0.2) is 41.3 Å². The van der Waals surface area contributed by atoms with Crippen molar-refractivity contribution in [2.45, 2.75) is 17.9 Å². The fraction of sp³-hybridized carbons (Fsp3) is 0.235. The summed E-state index contributed by atoms with van der Waals surface area (Å²) < 4.78 is 37.9. The van der Waals surface area contributed by atoms with Gasteiger partial charge in [-0.1, -0.05) is 23.2 Å². The van der Waals surface area contributed by atoms with Crippen molar-refractivity contribution in [1.29, 1.82) is 0 Å². The van der Waals surface area contributed by atoms with Gasteiger partial charge in [0.2, 0.25) is 5.24 Å². The average Bonchev–Trinajstić information content (AvgIpc) is 2.63. The third kappa shape index (κ3) is 4.43. The smallest absolute Gasteiger partial charge is 0.265 e. The molecule has 1 unspecified atom stereocenters. The first-order chi connectivity index (χ1) is 12.6. The fourth-order valence-electron chi connectivity index (χ4n) is 2.36. The van der Waals surface area contributed by atoms with Gasteiger partial charge >= 0.3 is 0 Å². The zero-order valence-corrected chi connectivity index (χ0v) is 17.7. The van der Waals surface area contributed by atoms with E-state index in [2.05, 4.69) is 0 Å². The maximum absolute atomic E-state index is 13.3. The molecule has 0 aromatic heterocycles. The van der Waals surface area contributed by atoms with Gasteiger partial charge in [-0.2, -0.15) is 0 Å². The number of nitrogens with zero attached hydrogens (tertiary/aromatic N) is 1. The van der Waals surface area contributed by atoms with Crippen molar-refractivity contribution in [3.05, 3.63) is 46.4 Å². The summed E-state index contributed by atoms with van der Waals surface area (Å²) in [5.74, 6) is 0.634. The van der Waals surface area contributed by atoms with E-state index >= 15 is 0 Å². The summed E-state index contributed by atoms with van der Waals surface area (Å²) >= 11 is 17.5. The summed E-state index contributed by atoms with van der Waals surface area (Å²) in [7, 11) is -1.39. The summed E-state index contributed by atoms with van der Waals surface area (Å²) in [5.41, 5.74) is 0.117. The summed E-state index contributed by atoms with van der Waals surface area (Å²) in [5, 5.41) is -0.605. The molecule has 27 heavy (non-hydrogen) atoms. The molecule has 1 atom stereocenters. The Morgan fingerprint density at radius 2 is 1.70 bits per heavy atom. The number of ether oxygens (including phenoxy) is 2. The first-order valence-corrected chi connectivity index (χ1v) is 10.1. The van der Waals surface area contributed by atoms with Crippen LogP contribution in [0.4, 0.5) is 5.69 Å². The Bertz CT molecular complexity index is 965. The Labute approximate surface area is 172 Å². The number of methoxy groups -OCH3 is 2. The van der Waals surface area contributed by atoms with Crippen LogP contribution in [0, 0.1) is 0 Å². The van der Waals surface area contributed by atoms with E-state index in [1.54, 1.807) is 6.07 Å². The molecule has 0 radical (unpaired) electrons. The predicted molar refractivity (Wildman–Crippen MR) is 106 cm³/mol. The van der Waals surface area contributed by atoms with Crippen LogP contribution >= 0.6 is 34.8 Å². The maximum Gasteiger partial charge on any atom is 0.265 e. The van der Waals surface area contributed by atoms with E-state index in [-0.39, 0.29) is 26.4 Å². The molecule has 0 aliphatic carbocycles. The molecule has 0 heterocycles. The topological polar surface area (TPSA) is 72.9 Å². The second kappa shape index (κ2) is 8.56. The van der Waals surface area contributed by atoms with Gasteiger partial charge in [0.1, 0.15) is 17.5 Å². The lowest BCUT2D eigenvalue weighted by Gasteiger charge is -2.29. The van der Waals surface area contributed by atoms with Crippen LogP contribution < -0.4 is 13.8 Å². The monoisotopic (exact) mass is 451 g/mol. The Balaban J connectivity index is 2.72. The zero-order chi connectivity index (χ0) is 20.4. The van der Waals surface area contributed by atoms with Gasteiger partial charge in [0, 0.05) is 6.07 Å². The van der Waals surface area contributed by atoms with E-state index in [9.17, 15) is 13.2 Å². The molecule has 2 aromatic rings. The van der Waals surface area contributed by atoms with E-state index < -0.39 is 21.3 Å². The minimum Gasteiger partial charge on any atom is -0.497 e. The molecule has 10 heteroatoms. The highest BCUT2D eigenvalue weighted by molar-refractivity contribution is 7.93. The minimum atomic E-state index is -4.23. The van der Waals surface area contributed by atoms with E-state index in [0.717, 1.165) is 4.31 Å². The van der Waals surface area contributed by atoms with Crippen molar-refractivity contribution in [1.82, 2.24) is 0 Å². The number of rotatable bonds is 7. The lowest BCUT2D eigenvalue weighted by molar-refractivity contribution is -0.112. The van der Waals surface area contributed by atoms with Crippen LogP contribution in [-0.4, -0.2) is 33.9 Å². The number of carbonyl (C=O) groups excluding carboxylic acids is 1. The Morgan fingerprint density at radius 1 is 1.04 bits per heavy atom. The molecule has 0 saturated carbocycles. The molecule has 2 rings (SSSR count). The maximum atomic E-state index is 13.3. The summed E-state index contributed by atoms with van der Waals surface area (Å²) in [6.07, 6.45) is 0. The first-order valence-electron chi connectivity index (χ1n) is 7.54. The molecule has 0 saturated heterocycles. The van der Waals surface area contributed by atoms with Gasteiger partial charge in [-0.05, 0) is 48.9 Å². The molecule has 146 valence electrons. The van der Waals surface area contributed by atoms with Crippen LogP contribution in [0.2, 0.25) is 10.0 Å². The molecular weight excluding hydrogens is 437 g/mol. The van der Waals surface area contributed by atoms with Crippen molar-refractivity contribution in [3.8, 4) is 11.5 Å². The molecule has 2 aromatic carbocycles. The fourth-order valence-corrected chi connectivity index (χ4v) is 4.53. The van der Waals surface area contributed by atoms with E-state index in [1.807, 2.05) is 0 Å². The number of carbonyl (C=O) groups is 1. The zero-order valence-electron chi connectivity index (χ0n) is 14.6. The summed E-state index contributed by atoms with van der Waals surface area (Å²) in [6, 6.07) is 7.13. The third-order valence-electron chi connectivity index (χ3n) is 3.75. The van der Waals surface area contributed by atoms with Crippen LogP contribution in [0.1, 0.15) is 6.92 Å².